The molecule has 0 saturated carbocycles. The van der Waals surface area contributed by atoms with Gasteiger partial charge in [0, 0.05) is 25.3 Å². The lowest BCUT2D eigenvalue weighted by atomic mass is 10.2. The molecule has 5 nitrogen and oxygen atoms in total. The van der Waals surface area contributed by atoms with Crippen molar-refractivity contribution in [1.29, 1.82) is 0 Å². The third kappa shape index (κ3) is 2.36. The third-order valence-corrected chi connectivity index (χ3v) is 5.10. The van der Waals surface area contributed by atoms with Crippen LogP contribution in [-0.4, -0.2) is 44.1 Å². The summed E-state index contributed by atoms with van der Waals surface area (Å²) in [5.74, 6) is 0. The van der Waals surface area contributed by atoms with Crippen LogP contribution in [0.3, 0.4) is 0 Å². The molecule has 0 spiro atoms. The molecule has 1 aromatic rings. The largest absolute Gasteiger partial charge is 0.395 e. The molecule has 0 aliphatic carbocycles. The number of aliphatic hydroxyl groups is 1. The van der Waals surface area contributed by atoms with Crippen molar-refractivity contribution in [3.8, 4) is 0 Å². The number of hydrogen-bond acceptors (Lipinski definition) is 4. The number of likely N-dealkylation sites (N-methyl/N-ethyl adjacent to an activating group) is 1. The van der Waals surface area contributed by atoms with Gasteiger partial charge in [-0.3, -0.25) is 0 Å². The number of benzene rings is 1. The summed E-state index contributed by atoms with van der Waals surface area (Å²) in [4.78, 5) is 0.306. The summed E-state index contributed by atoms with van der Waals surface area (Å²) in [6.45, 7) is 2.95. The van der Waals surface area contributed by atoms with Crippen molar-refractivity contribution < 1.29 is 13.5 Å². The lowest BCUT2D eigenvalue weighted by molar-refractivity contribution is 0.257. The zero-order valence-corrected chi connectivity index (χ0v) is 11.2. The van der Waals surface area contributed by atoms with E-state index in [1.165, 1.54) is 4.31 Å². The van der Waals surface area contributed by atoms with Crippen LogP contribution in [0.4, 0.5) is 5.69 Å². The molecule has 1 aromatic carbocycles. The molecule has 1 aliphatic heterocycles. The van der Waals surface area contributed by atoms with E-state index in [0.29, 0.717) is 11.4 Å². The van der Waals surface area contributed by atoms with Gasteiger partial charge < -0.3 is 10.4 Å². The number of anilines is 1. The molecule has 0 fully saturated rings. The first-order valence-electron chi connectivity index (χ1n) is 6.07. The van der Waals surface area contributed by atoms with E-state index in [2.05, 4.69) is 5.32 Å². The third-order valence-electron chi connectivity index (χ3n) is 3.13. The van der Waals surface area contributed by atoms with Gasteiger partial charge in [-0.15, -0.1) is 0 Å². The van der Waals surface area contributed by atoms with Crippen molar-refractivity contribution in [3.63, 3.8) is 0 Å². The fourth-order valence-electron chi connectivity index (χ4n) is 2.15. The highest BCUT2D eigenvalue weighted by Gasteiger charge is 2.24. The molecule has 0 unspecified atom stereocenters. The molecule has 1 heterocycles. The standard InChI is InChI=1S/C12H18N2O3S/c1-2-14(7-8-15)18(16,17)11-3-4-12-10(9-11)5-6-13-12/h3-4,9,13,15H,2,5-8H2,1H3. The zero-order chi connectivity index (χ0) is 13.2. The van der Waals surface area contributed by atoms with Crippen LogP contribution in [-0.2, 0) is 16.4 Å². The summed E-state index contributed by atoms with van der Waals surface area (Å²) >= 11 is 0. The molecule has 6 heteroatoms. The molecule has 0 amide bonds. The first kappa shape index (κ1) is 13.3. The quantitative estimate of drug-likeness (QED) is 0.824. The summed E-state index contributed by atoms with van der Waals surface area (Å²) in [7, 11) is -3.49. The molecule has 2 rings (SSSR count). The maximum atomic E-state index is 12.3. The fraction of sp³-hybridized carbons (Fsp3) is 0.500. The van der Waals surface area contributed by atoms with Crippen molar-refractivity contribution in [2.75, 3.05) is 31.6 Å². The molecular weight excluding hydrogens is 252 g/mol. The molecular formula is C12H18N2O3S. The Balaban J connectivity index is 2.35. The maximum absolute atomic E-state index is 12.3. The van der Waals surface area contributed by atoms with Gasteiger partial charge in [0.15, 0.2) is 0 Å². The summed E-state index contributed by atoms with van der Waals surface area (Å²) in [5.41, 5.74) is 2.05. The Kier molecular flexibility index (Phi) is 3.89. The van der Waals surface area contributed by atoms with Gasteiger partial charge in [-0.25, -0.2) is 8.42 Å². The normalized spacial score (nSPS) is 14.6. The molecule has 0 aromatic heterocycles. The van der Waals surface area contributed by atoms with Crippen LogP contribution in [0.5, 0.6) is 0 Å². The maximum Gasteiger partial charge on any atom is 0.243 e. The van der Waals surface area contributed by atoms with Crippen LogP contribution < -0.4 is 5.32 Å². The van der Waals surface area contributed by atoms with Gasteiger partial charge in [-0.05, 0) is 30.2 Å². The smallest absolute Gasteiger partial charge is 0.243 e. The highest BCUT2D eigenvalue weighted by atomic mass is 32.2. The first-order chi connectivity index (χ1) is 8.59. The Bertz CT molecular complexity index is 528. The molecule has 0 radical (unpaired) electrons. The number of fused-ring (bicyclic) bond motifs is 1. The van der Waals surface area contributed by atoms with Crippen LogP contribution in [0.1, 0.15) is 12.5 Å². The van der Waals surface area contributed by atoms with E-state index in [4.69, 9.17) is 5.11 Å². The SMILES string of the molecule is CCN(CCO)S(=O)(=O)c1ccc2c(c1)CCN2. The van der Waals surface area contributed by atoms with E-state index in [-0.39, 0.29) is 13.2 Å². The molecule has 0 saturated heterocycles. The van der Waals surface area contributed by atoms with E-state index < -0.39 is 10.0 Å². The molecule has 100 valence electrons. The van der Waals surface area contributed by atoms with Crippen LogP contribution in [0, 0.1) is 0 Å². The van der Waals surface area contributed by atoms with Gasteiger partial charge in [0.05, 0.1) is 11.5 Å². The molecule has 2 N–H and O–H groups in total. The Morgan fingerprint density at radius 3 is 2.89 bits per heavy atom. The average Bonchev–Trinajstić information content (AvgIpc) is 2.82. The van der Waals surface area contributed by atoms with Gasteiger partial charge in [0.2, 0.25) is 10.0 Å². The summed E-state index contributed by atoms with van der Waals surface area (Å²) < 4.78 is 26.0. The minimum Gasteiger partial charge on any atom is -0.395 e. The lowest BCUT2D eigenvalue weighted by Gasteiger charge is -2.19. The predicted molar refractivity (Wildman–Crippen MR) is 70.2 cm³/mol. The van der Waals surface area contributed by atoms with Crippen molar-refractivity contribution in [2.45, 2.75) is 18.2 Å². The highest BCUT2D eigenvalue weighted by molar-refractivity contribution is 7.89. The molecule has 18 heavy (non-hydrogen) atoms. The van der Waals surface area contributed by atoms with Gasteiger partial charge in [-0.1, -0.05) is 6.92 Å². The molecule has 1 aliphatic rings. The van der Waals surface area contributed by atoms with Crippen LogP contribution in [0.15, 0.2) is 23.1 Å². The summed E-state index contributed by atoms with van der Waals surface area (Å²) in [6.07, 6.45) is 0.852. The van der Waals surface area contributed by atoms with Crippen molar-refractivity contribution in [2.24, 2.45) is 0 Å². The Morgan fingerprint density at radius 2 is 2.22 bits per heavy atom. The van der Waals surface area contributed by atoms with Gasteiger partial charge in [0.25, 0.3) is 0 Å². The monoisotopic (exact) mass is 270 g/mol. The van der Waals surface area contributed by atoms with Gasteiger partial charge >= 0.3 is 0 Å². The van der Waals surface area contributed by atoms with Crippen molar-refractivity contribution >= 4 is 15.7 Å². The van der Waals surface area contributed by atoms with E-state index in [9.17, 15) is 8.42 Å². The van der Waals surface area contributed by atoms with Crippen LogP contribution >= 0.6 is 0 Å². The van der Waals surface area contributed by atoms with E-state index in [1.807, 2.05) is 6.07 Å². The van der Waals surface area contributed by atoms with Crippen molar-refractivity contribution in [3.05, 3.63) is 23.8 Å². The highest BCUT2D eigenvalue weighted by Crippen LogP contribution is 2.26. The number of nitrogens with one attached hydrogen (secondary N) is 1. The fourth-order valence-corrected chi connectivity index (χ4v) is 3.64. The predicted octanol–water partition coefficient (Wildman–Crippen LogP) is 0.658. The number of nitrogens with zero attached hydrogens (tertiary/aromatic N) is 1. The van der Waals surface area contributed by atoms with Gasteiger partial charge in [0.1, 0.15) is 0 Å². The zero-order valence-electron chi connectivity index (χ0n) is 10.4. The average molecular weight is 270 g/mol. The second-order valence-corrected chi connectivity index (χ2v) is 6.15. The molecule has 0 atom stereocenters. The second-order valence-electron chi connectivity index (χ2n) is 4.22. The lowest BCUT2D eigenvalue weighted by Crippen LogP contribution is -2.33. The summed E-state index contributed by atoms with van der Waals surface area (Å²) in [6, 6.07) is 5.15. The second kappa shape index (κ2) is 5.26. The minimum atomic E-state index is -3.49. The van der Waals surface area contributed by atoms with Crippen LogP contribution in [0.25, 0.3) is 0 Å². The molecule has 0 bridgehead atoms. The number of hydrogen-bond donors (Lipinski definition) is 2. The number of rotatable bonds is 5. The Hall–Kier alpha value is -1.11. The first-order valence-corrected chi connectivity index (χ1v) is 7.51. The Labute approximate surface area is 107 Å². The van der Waals surface area contributed by atoms with E-state index >= 15 is 0 Å². The number of aliphatic hydroxyl groups excluding tert-OH is 1. The minimum absolute atomic E-state index is 0.133. The topological polar surface area (TPSA) is 69.6 Å². The number of sulfonamides is 1. The van der Waals surface area contributed by atoms with E-state index in [0.717, 1.165) is 24.2 Å². The van der Waals surface area contributed by atoms with Crippen LogP contribution in [0.2, 0.25) is 0 Å². The van der Waals surface area contributed by atoms with Gasteiger partial charge in [-0.2, -0.15) is 4.31 Å². The summed E-state index contributed by atoms with van der Waals surface area (Å²) in [5, 5.41) is 12.1. The van der Waals surface area contributed by atoms with Crippen molar-refractivity contribution in [1.82, 2.24) is 4.31 Å². The van der Waals surface area contributed by atoms with E-state index in [1.54, 1.807) is 19.1 Å². The Morgan fingerprint density at radius 1 is 1.44 bits per heavy atom.